The molecule has 7 heteroatoms. The fourth-order valence-corrected chi connectivity index (χ4v) is 5.10. The van der Waals surface area contributed by atoms with Gasteiger partial charge in [0.25, 0.3) is 5.56 Å². The van der Waals surface area contributed by atoms with Gasteiger partial charge in [-0.15, -0.1) is 0 Å². The van der Waals surface area contributed by atoms with Gasteiger partial charge in [0.1, 0.15) is 0 Å². The van der Waals surface area contributed by atoms with Crippen molar-refractivity contribution in [3.63, 3.8) is 0 Å². The van der Waals surface area contributed by atoms with Gasteiger partial charge in [0.15, 0.2) is 16.6 Å². The quantitative estimate of drug-likeness (QED) is 0.207. The van der Waals surface area contributed by atoms with Gasteiger partial charge in [0.05, 0.1) is 35.6 Å². The molecule has 1 aliphatic rings. The number of carbonyl (C=O) groups is 1. The number of nitrogens with zero attached hydrogens (tertiary/aromatic N) is 3. The molecule has 0 bridgehead atoms. The van der Waals surface area contributed by atoms with Crippen molar-refractivity contribution in [2.75, 3.05) is 5.75 Å². The first-order chi connectivity index (χ1) is 17.0. The van der Waals surface area contributed by atoms with E-state index in [1.54, 1.807) is 16.7 Å². The summed E-state index contributed by atoms with van der Waals surface area (Å²) in [6, 6.07) is 20.8. The molecule has 1 atom stereocenters. The molecule has 1 aliphatic heterocycles. The first-order valence-corrected chi connectivity index (χ1v) is 12.8. The molecule has 0 aliphatic carbocycles. The molecule has 0 amide bonds. The second-order valence-corrected chi connectivity index (χ2v) is 10.0. The van der Waals surface area contributed by atoms with Gasteiger partial charge in [0.2, 0.25) is 0 Å². The number of pyridine rings is 1. The molecular formula is C28H27N3O3S. The first kappa shape index (κ1) is 23.5. The summed E-state index contributed by atoms with van der Waals surface area (Å²) >= 11 is 1.28. The molecule has 0 unspecified atom stereocenters. The Hall–Kier alpha value is -3.29. The molecule has 0 saturated carbocycles. The summed E-state index contributed by atoms with van der Waals surface area (Å²) in [7, 11) is 0. The highest BCUT2D eigenvalue weighted by Crippen LogP contribution is 2.31. The molecule has 2 aromatic heterocycles. The average molecular weight is 486 g/mol. The largest absolute Gasteiger partial charge is 0.370 e. The number of hydrogen-bond acceptors (Lipinski definition) is 6. The number of hydrogen-bond donors (Lipinski definition) is 0. The topological polar surface area (TPSA) is 74.1 Å². The van der Waals surface area contributed by atoms with Crippen molar-refractivity contribution in [3.05, 3.63) is 99.5 Å². The van der Waals surface area contributed by atoms with E-state index in [2.05, 4.69) is 13.8 Å². The van der Waals surface area contributed by atoms with E-state index < -0.39 is 0 Å². The van der Waals surface area contributed by atoms with Gasteiger partial charge < -0.3 is 4.74 Å². The summed E-state index contributed by atoms with van der Waals surface area (Å²) in [6.45, 7) is 4.99. The van der Waals surface area contributed by atoms with Crippen molar-refractivity contribution in [1.82, 2.24) is 14.5 Å². The van der Waals surface area contributed by atoms with E-state index in [0.717, 1.165) is 23.2 Å². The summed E-state index contributed by atoms with van der Waals surface area (Å²) in [5.41, 5.74) is 3.49. The number of ether oxygens (including phenoxy) is 1. The maximum absolute atomic E-state index is 13.7. The molecule has 5 rings (SSSR count). The number of aromatic nitrogens is 3. The van der Waals surface area contributed by atoms with Crippen LogP contribution in [0.1, 0.15) is 47.4 Å². The van der Waals surface area contributed by atoms with E-state index >= 15 is 0 Å². The SMILES string of the molecule is CC[C@]1(C)Cc2nc3nc(SCC(=O)c4ccccc4)n(Cc4ccccc4)c(=O)c3cc2CO1. The highest BCUT2D eigenvalue weighted by atomic mass is 32.2. The molecule has 35 heavy (non-hydrogen) atoms. The van der Waals surface area contributed by atoms with Crippen LogP contribution in [0, 0.1) is 0 Å². The minimum absolute atomic E-state index is 0.00883. The van der Waals surface area contributed by atoms with E-state index in [-0.39, 0.29) is 22.7 Å². The summed E-state index contributed by atoms with van der Waals surface area (Å²) in [6.07, 6.45) is 1.56. The van der Waals surface area contributed by atoms with Crippen LogP contribution in [0.3, 0.4) is 0 Å². The standard InChI is InChI=1S/C28H27N3O3S/c1-3-28(2)15-23-21(17-34-28)14-22-25(29-23)30-27(35-18-24(32)20-12-8-5-9-13-20)31(26(22)33)16-19-10-6-4-7-11-19/h4-14H,3,15-18H2,1-2H3/t28-/m1/s1. The molecule has 6 nitrogen and oxygen atoms in total. The van der Waals surface area contributed by atoms with E-state index in [4.69, 9.17) is 14.7 Å². The number of carbonyl (C=O) groups excluding carboxylic acids is 1. The Morgan fingerprint density at radius 1 is 1.09 bits per heavy atom. The molecule has 0 spiro atoms. The summed E-state index contributed by atoms with van der Waals surface area (Å²) < 4.78 is 7.72. The lowest BCUT2D eigenvalue weighted by atomic mass is 9.91. The maximum atomic E-state index is 13.7. The summed E-state index contributed by atoms with van der Waals surface area (Å²) in [5.74, 6) is 0.175. The van der Waals surface area contributed by atoms with E-state index in [9.17, 15) is 9.59 Å². The smallest absolute Gasteiger partial charge is 0.264 e. The van der Waals surface area contributed by atoms with Gasteiger partial charge in [-0.3, -0.25) is 14.2 Å². The zero-order valence-corrected chi connectivity index (χ0v) is 20.7. The third kappa shape index (κ3) is 4.92. The highest BCUT2D eigenvalue weighted by Gasteiger charge is 2.31. The van der Waals surface area contributed by atoms with Crippen LogP contribution in [0.2, 0.25) is 0 Å². The van der Waals surface area contributed by atoms with Crippen molar-refractivity contribution in [1.29, 1.82) is 0 Å². The summed E-state index contributed by atoms with van der Waals surface area (Å²) in [4.78, 5) is 36.1. The Balaban J connectivity index is 1.56. The number of thioether (sulfide) groups is 1. The van der Waals surface area contributed by atoms with Gasteiger partial charge in [-0.2, -0.15) is 0 Å². The summed E-state index contributed by atoms with van der Waals surface area (Å²) in [5, 5.41) is 0.968. The van der Waals surface area contributed by atoms with Crippen molar-refractivity contribution in [3.8, 4) is 0 Å². The molecular weight excluding hydrogens is 458 g/mol. The van der Waals surface area contributed by atoms with Gasteiger partial charge >= 0.3 is 0 Å². The van der Waals surface area contributed by atoms with Gasteiger partial charge in [-0.05, 0) is 25.0 Å². The fourth-order valence-electron chi connectivity index (χ4n) is 4.22. The van der Waals surface area contributed by atoms with Crippen molar-refractivity contribution in [2.45, 2.75) is 50.6 Å². The van der Waals surface area contributed by atoms with Gasteiger partial charge in [-0.1, -0.05) is 79.3 Å². The third-order valence-corrected chi connectivity index (χ3v) is 7.53. The Morgan fingerprint density at radius 3 is 2.51 bits per heavy atom. The first-order valence-electron chi connectivity index (χ1n) is 11.8. The number of rotatable bonds is 7. The van der Waals surface area contributed by atoms with Crippen molar-refractivity contribution < 1.29 is 9.53 Å². The zero-order chi connectivity index (χ0) is 24.4. The zero-order valence-electron chi connectivity index (χ0n) is 19.9. The van der Waals surface area contributed by atoms with Crippen molar-refractivity contribution in [2.24, 2.45) is 0 Å². The van der Waals surface area contributed by atoms with Crippen LogP contribution in [-0.4, -0.2) is 31.7 Å². The lowest BCUT2D eigenvalue weighted by Crippen LogP contribution is -2.35. The second-order valence-electron chi connectivity index (χ2n) is 9.08. The van der Waals surface area contributed by atoms with E-state index in [0.29, 0.717) is 41.3 Å². The molecule has 0 radical (unpaired) electrons. The van der Waals surface area contributed by atoms with Gasteiger partial charge in [0, 0.05) is 17.5 Å². The Kier molecular flexibility index (Phi) is 6.54. The van der Waals surface area contributed by atoms with Crippen LogP contribution in [0.15, 0.2) is 76.7 Å². The van der Waals surface area contributed by atoms with Crippen LogP contribution in [0.5, 0.6) is 0 Å². The monoisotopic (exact) mass is 485 g/mol. The molecule has 2 aromatic carbocycles. The maximum Gasteiger partial charge on any atom is 0.264 e. The fraction of sp³-hybridized carbons (Fsp3) is 0.286. The minimum atomic E-state index is -0.268. The van der Waals surface area contributed by atoms with E-state index in [1.165, 1.54) is 11.8 Å². The second kappa shape index (κ2) is 9.76. The highest BCUT2D eigenvalue weighted by molar-refractivity contribution is 7.99. The minimum Gasteiger partial charge on any atom is -0.370 e. The van der Waals surface area contributed by atoms with Crippen LogP contribution < -0.4 is 5.56 Å². The Labute approximate surface area is 208 Å². The molecule has 0 N–H and O–H groups in total. The van der Waals surface area contributed by atoms with Crippen LogP contribution in [0.4, 0.5) is 0 Å². The molecule has 3 heterocycles. The Morgan fingerprint density at radius 2 is 1.80 bits per heavy atom. The lowest BCUT2D eigenvalue weighted by Gasteiger charge is -2.33. The number of fused-ring (bicyclic) bond motifs is 2. The van der Waals surface area contributed by atoms with Crippen LogP contribution in [0.25, 0.3) is 11.0 Å². The normalized spacial score (nSPS) is 17.3. The number of Topliss-reactive ketones (excluding diaryl/α,β-unsaturated/α-hetero) is 1. The number of benzene rings is 2. The van der Waals surface area contributed by atoms with E-state index in [1.807, 2.05) is 54.6 Å². The van der Waals surface area contributed by atoms with Crippen LogP contribution in [-0.2, 0) is 24.3 Å². The van der Waals surface area contributed by atoms with Gasteiger partial charge in [-0.25, -0.2) is 9.97 Å². The average Bonchev–Trinajstić information content (AvgIpc) is 2.89. The predicted molar refractivity (Wildman–Crippen MR) is 138 cm³/mol. The number of ketones is 1. The van der Waals surface area contributed by atoms with Crippen LogP contribution >= 0.6 is 11.8 Å². The molecule has 4 aromatic rings. The molecule has 0 fully saturated rings. The molecule has 0 saturated heterocycles. The van der Waals surface area contributed by atoms with Crippen molar-refractivity contribution >= 4 is 28.6 Å². The Bertz CT molecular complexity index is 1440. The predicted octanol–water partition coefficient (Wildman–Crippen LogP) is 5.06. The molecule has 178 valence electrons. The lowest BCUT2D eigenvalue weighted by molar-refractivity contribution is -0.0573. The third-order valence-electron chi connectivity index (χ3n) is 6.56.